The molecule has 4 N–H and O–H groups in total. The number of nitrogens with two attached hydrogens (primary N) is 1. The van der Waals surface area contributed by atoms with E-state index in [2.05, 4.69) is 4.98 Å². The molecule has 0 fully saturated rings. The van der Waals surface area contributed by atoms with Gasteiger partial charge in [-0.15, -0.1) is 0 Å². The van der Waals surface area contributed by atoms with Gasteiger partial charge in [-0.05, 0) is 50.3 Å². The molecule has 0 unspecified atom stereocenters. The number of fused-ring (bicyclic) bond motifs is 1. The Kier molecular flexibility index (Phi) is 4.92. The van der Waals surface area contributed by atoms with Gasteiger partial charge in [0.05, 0.1) is 23.9 Å². The number of para-hydroxylation sites is 1. The summed E-state index contributed by atoms with van der Waals surface area (Å²) in [6.07, 6.45) is 4.17. The molecule has 0 spiro atoms. The van der Waals surface area contributed by atoms with Crippen molar-refractivity contribution >= 4 is 16.6 Å². The van der Waals surface area contributed by atoms with Gasteiger partial charge in [-0.2, -0.15) is 0 Å². The third-order valence-electron chi connectivity index (χ3n) is 4.76. The fraction of sp³-hybridized carbons (Fsp3) is 0.333. The van der Waals surface area contributed by atoms with Crippen molar-refractivity contribution in [3.05, 3.63) is 59.0 Å². The molecule has 0 amide bonds. The van der Waals surface area contributed by atoms with Crippen molar-refractivity contribution in [3.8, 4) is 5.75 Å². The Morgan fingerprint density at radius 2 is 1.88 bits per heavy atom. The van der Waals surface area contributed by atoms with E-state index in [1.807, 2.05) is 24.4 Å². The molecule has 1 heterocycles. The zero-order chi connectivity index (χ0) is 18.9. The Labute approximate surface area is 152 Å². The average molecular weight is 356 g/mol. The predicted molar refractivity (Wildman–Crippen MR) is 103 cm³/mol. The molecule has 26 heavy (non-hydrogen) atoms. The lowest BCUT2D eigenvalue weighted by atomic mass is 9.95. The van der Waals surface area contributed by atoms with Crippen LogP contribution in [0.25, 0.3) is 10.9 Å². The number of rotatable bonds is 6. The number of aromatic amines is 1. The van der Waals surface area contributed by atoms with Gasteiger partial charge in [0.1, 0.15) is 0 Å². The minimum atomic E-state index is -0.911. The van der Waals surface area contributed by atoms with Crippen molar-refractivity contribution in [1.29, 1.82) is 0 Å². The summed E-state index contributed by atoms with van der Waals surface area (Å²) in [5.74, 6) is -0.264. The third-order valence-corrected chi connectivity index (χ3v) is 4.76. The fourth-order valence-corrected chi connectivity index (χ4v) is 3.41. The van der Waals surface area contributed by atoms with Crippen molar-refractivity contribution in [2.75, 3.05) is 12.8 Å². The molecule has 0 bridgehead atoms. The van der Waals surface area contributed by atoms with Gasteiger partial charge < -0.3 is 20.6 Å². The highest BCUT2D eigenvalue weighted by molar-refractivity contribution is 5.86. The maximum absolute atomic E-state index is 14.4. The second-order valence-electron chi connectivity index (χ2n) is 7.12. The van der Waals surface area contributed by atoms with Crippen LogP contribution in [-0.4, -0.2) is 17.2 Å². The Balaban J connectivity index is 1.78. The summed E-state index contributed by atoms with van der Waals surface area (Å²) < 4.78 is 19.4. The lowest BCUT2D eigenvalue weighted by Crippen LogP contribution is -2.15. The number of hydrogen-bond donors (Lipinski definition) is 3. The number of benzene rings is 2. The first-order valence-corrected chi connectivity index (χ1v) is 8.75. The SMILES string of the molecule is COc1c(N)ccc(CCCc2c[nH]c3c(C(C)(C)O)cccc23)c1F. The topological polar surface area (TPSA) is 71.3 Å². The van der Waals surface area contributed by atoms with Crippen LogP contribution in [0, 0.1) is 5.82 Å². The number of aromatic nitrogens is 1. The van der Waals surface area contributed by atoms with E-state index in [-0.39, 0.29) is 11.6 Å². The van der Waals surface area contributed by atoms with Crippen LogP contribution >= 0.6 is 0 Å². The Hall–Kier alpha value is -2.53. The number of aliphatic hydroxyl groups is 1. The van der Waals surface area contributed by atoms with Crippen LogP contribution in [-0.2, 0) is 18.4 Å². The molecule has 0 saturated heterocycles. The quantitative estimate of drug-likeness (QED) is 0.577. The Morgan fingerprint density at radius 1 is 1.15 bits per heavy atom. The zero-order valence-electron chi connectivity index (χ0n) is 15.4. The lowest BCUT2D eigenvalue weighted by molar-refractivity contribution is 0.0800. The van der Waals surface area contributed by atoms with Gasteiger partial charge in [0.15, 0.2) is 11.6 Å². The van der Waals surface area contributed by atoms with E-state index in [0.29, 0.717) is 17.7 Å². The molecule has 0 atom stereocenters. The summed E-state index contributed by atoms with van der Waals surface area (Å²) in [4.78, 5) is 3.28. The van der Waals surface area contributed by atoms with Crippen LogP contribution in [0.5, 0.6) is 5.75 Å². The number of anilines is 1. The molecule has 5 heteroatoms. The maximum atomic E-state index is 14.4. The summed E-state index contributed by atoms with van der Waals surface area (Å²) in [6.45, 7) is 3.55. The van der Waals surface area contributed by atoms with Gasteiger partial charge in [-0.1, -0.05) is 24.3 Å². The first-order valence-electron chi connectivity index (χ1n) is 8.75. The van der Waals surface area contributed by atoms with E-state index in [0.717, 1.165) is 34.9 Å². The van der Waals surface area contributed by atoms with Crippen LogP contribution in [0.2, 0.25) is 0 Å². The summed E-state index contributed by atoms with van der Waals surface area (Å²) in [5, 5.41) is 11.4. The van der Waals surface area contributed by atoms with Crippen LogP contribution in [0.4, 0.5) is 10.1 Å². The van der Waals surface area contributed by atoms with Gasteiger partial charge in [0, 0.05) is 17.1 Å². The van der Waals surface area contributed by atoms with Gasteiger partial charge in [-0.3, -0.25) is 0 Å². The molecule has 138 valence electrons. The van der Waals surface area contributed by atoms with E-state index in [9.17, 15) is 9.50 Å². The zero-order valence-corrected chi connectivity index (χ0v) is 15.4. The number of ether oxygens (including phenoxy) is 1. The van der Waals surface area contributed by atoms with Crippen LogP contribution in [0.1, 0.15) is 37.0 Å². The first-order chi connectivity index (χ1) is 12.3. The van der Waals surface area contributed by atoms with Gasteiger partial charge in [0.2, 0.25) is 0 Å². The minimum absolute atomic E-state index is 0.115. The smallest absolute Gasteiger partial charge is 0.177 e. The molecule has 0 saturated carbocycles. The summed E-state index contributed by atoms with van der Waals surface area (Å²) >= 11 is 0. The fourth-order valence-electron chi connectivity index (χ4n) is 3.41. The molecule has 0 radical (unpaired) electrons. The molecule has 4 nitrogen and oxygen atoms in total. The number of H-pyrrole nitrogens is 1. The summed E-state index contributed by atoms with van der Waals surface area (Å²) in [5.41, 5.74) is 8.72. The molecule has 3 rings (SSSR count). The van der Waals surface area contributed by atoms with Crippen molar-refractivity contribution in [2.45, 2.75) is 38.7 Å². The average Bonchev–Trinajstić information content (AvgIpc) is 2.99. The van der Waals surface area contributed by atoms with E-state index < -0.39 is 5.60 Å². The van der Waals surface area contributed by atoms with E-state index in [4.69, 9.17) is 10.5 Å². The molecule has 0 aliphatic heterocycles. The largest absolute Gasteiger partial charge is 0.492 e. The number of nitrogen functional groups attached to an aromatic ring is 1. The Bertz CT molecular complexity index is 926. The number of methoxy groups -OCH3 is 1. The van der Waals surface area contributed by atoms with Gasteiger partial charge in [-0.25, -0.2) is 4.39 Å². The van der Waals surface area contributed by atoms with Crippen LogP contribution in [0.3, 0.4) is 0 Å². The van der Waals surface area contributed by atoms with Crippen LogP contribution in [0.15, 0.2) is 36.5 Å². The second-order valence-corrected chi connectivity index (χ2v) is 7.12. The molecule has 2 aromatic carbocycles. The molecule has 3 aromatic rings. The third kappa shape index (κ3) is 3.40. The number of hydrogen-bond acceptors (Lipinski definition) is 3. The van der Waals surface area contributed by atoms with Gasteiger partial charge >= 0.3 is 0 Å². The van der Waals surface area contributed by atoms with Gasteiger partial charge in [0.25, 0.3) is 0 Å². The highest BCUT2D eigenvalue weighted by Gasteiger charge is 2.20. The molecule has 0 aliphatic carbocycles. The van der Waals surface area contributed by atoms with Crippen LogP contribution < -0.4 is 10.5 Å². The van der Waals surface area contributed by atoms with E-state index in [1.54, 1.807) is 26.0 Å². The number of aryl methyl sites for hydroxylation is 2. The summed E-state index contributed by atoms with van der Waals surface area (Å²) in [6, 6.07) is 9.33. The van der Waals surface area contributed by atoms with E-state index >= 15 is 0 Å². The van der Waals surface area contributed by atoms with Crippen molar-refractivity contribution < 1.29 is 14.2 Å². The molecule has 0 aliphatic rings. The standard InChI is InChI=1S/C21H25FN2O2/c1-21(2,25)16-9-5-8-15-14(12-24-19(15)16)7-4-6-13-10-11-17(23)20(26-3)18(13)22/h5,8-12,24-25H,4,6-7,23H2,1-3H3. The Morgan fingerprint density at radius 3 is 2.58 bits per heavy atom. The monoisotopic (exact) mass is 356 g/mol. The van der Waals surface area contributed by atoms with E-state index in [1.165, 1.54) is 7.11 Å². The molecule has 1 aromatic heterocycles. The summed E-state index contributed by atoms with van der Waals surface area (Å²) in [7, 11) is 1.42. The molecular weight excluding hydrogens is 331 g/mol. The normalized spacial score (nSPS) is 11.9. The highest BCUT2D eigenvalue weighted by Crippen LogP contribution is 2.31. The molecular formula is C21H25FN2O2. The lowest BCUT2D eigenvalue weighted by Gasteiger charge is -2.18. The highest BCUT2D eigenvalue weighted by atomic mass is 19.1. The first kappa shape index (κ1) is 18.3. The number of nitrogens with one attached hydrogen (secondary N) is 1. The second kappa shape index (κ2) is 7.00. The van der Waals surface area contributed by atoms with Crippen molar-refractivity contribution in [1.82, 2.24) is 4.98 Å². The number of halogens is 1. The maximum Gasteiger partial charge on any atom is 0.177 e. The van der Waals surface area contributed by atoms with Crippen molar-refractivity contribution in [2.24, 2.45) is 0 Å². The van der Waals surface area contributed by atoms with Crippen molar-refractivity contribution in [3.63, 3.8) is 0 Å². The predicted octanol–water partition coefficient (Wildman–Crippen LogP) is 4.30. The minimum Gasteiger partial charge on any atom is -0.492 e.